The van der Waals surface area contributed by atoms with E-state index in [9.17, 15) is 4.79 Å². The predicted molar refractivity (Wildman–Crippen MR) is 114 cm³/mol. The van der Waals surface area contributed by atoms with E-state index in [-0.39, 0.29) is 5.97 Å². The number of aryl methyl sites for hydroxylation is 1. The average molecular weight is 373 g/mol. The molecule has 0 saturated heterocycles. The van der Waals surface area contributed by atoms with Crippen molar-refractivity contribution in [3.05, 3.63) is 95.6 Å². The zero-order valence-corrected chi connectivity index (χ0v) is 16.4. The molecule has 0 aromatic heterocycles. The van der Waals surface area contributed by atoms with E-state index in [2.05, 4.69) is 59.9 Å². The molecule has 0 aliphatic rings. The first-order valence-electron chi connectivity index (χ1n) is 9.87. The molecule has 3 nitrogen and oxygen atoms in total. The van der Waals surface area contributed by atoms with Crippen LogP contribution >= 0.6 is 0 Å². The van der Waals surface area contributed by atoms with Crippen LogP contribution in [-0.4, -0.2) is 19.1 Å². The SMILES string of the molecule is CCOC(=O)c1ccc(-c2cccc(CNCCCc3ccccc3)c2)cc1. The molecule has 144 valence electrons. The number of carbonyl (C=O) groups excluding carboxylic acids is 1. The maximum absolute atomic E-state index is 11.8. The highest BCUT2D eigenvalue weighted by molar-refractivity contribution is 5.90. The molecule has 0 saturated carbocycles. The summed E-state index contributed by atoms with van der Waals surface area (Å²) in [7, 11) is 0. The Balaban J connectivity index is 1.51. The summed E-state index contributed by atoms with van der Waals surface area (Å²) >= 11 is 0. The summed E-state index contributed by atoms with van der Waals surface area (Å²) in [6, 6.07) is 26.7. The molecule has 0 bridgehead atoms. The van der Waals surface area contributed by atoms with Gasteiger partial charge < -0.3 is 10.1 Å². The smallest absolute Gasteiger partial charge is 0.338 e. The van der Waals surface area contributed by atoms with E-state index in [1.807, 2.05) is 31.2 Å². The average Bonchev–Trinajstić information content (AvgIpc) is 2.75. The van der Waals surface area contributed by atoms with Crippen LogP contribution in [0.2, 0.25) is 0 Å². The van der Waals surface area contributed by atoms with Gasteiger partial charge in [0.1, 0.15) is 0 Å². The summed E-state index contributed by atoms with van der Waals surface area (Å²) in [6.45, 7) is 4.05. The summed E-state index contributed by atoms with van der Waals surface area (Å²) in [5.41, 5.74) is 5.48. The lowest BCUT2D eigenvalue weighted by Gasteiger charge is -2.08. The van der Waals surface area contributed by atoms with Gasteiger partial charge in [0.25, 0.3) is 0 Å². The van der Waals surface area contributed by atoms with E-state index in [0.717, 1.165) is 37.1 Å². The van der Waals surface area contributed by atoms with E-state index in [1.165, 1.54) is 11.1 Å². The predicted octanol–water partition coefficient (Wildman–Crippen LogP) is 5.25. The van der Waals surface area contributed by atoms with Crippen LogP contribution in [0.1, 0.15) is 34.8 Å². The van der Waals surface area contributed by atoms with E-state index in [4.69, 9.17) is 4.74 Å². The summed E-state index contributed by atoms with van der Waals surface area (Å²) in [6.07, 6.45) is 2.22. The summed E-state index contributed by atoms with van der Waals surface area (Å²) in [5, 5.41) is 3.53. The van der Waals surface area contributed by atoms with Crippen LogP contribution in [0, 0.1) is 0 Å². The van der Waals surface area contributed by atoms with E-state index >= 15 is 0 Å². The Hall–Kier alpha value is -2.91. The van der Waals surface area contributed by atoms with Crippen LogP contribution in [0.15, 0.2) is 78.9 Å². The van der Waals surface area contributed by atoms with E-state index < -0.39 is 0 Å². The molecule has 3 rings (SSSR count). The number of benzene rings is 3. The summed E-state index contributed by atoms with van der Waals surface area (Å²) < 4.78 is 5.04. The molecule has 0 aliphatic carbocycles. The molecule has 0 radical (unpaired) electrons. The first-order chi connectivity index (χ1) is 13.8. The molecular formula is C25H27NO2. The largest absolute Gasteiger partial charge is 0.462 e. The highest BCUT2D eigenvalue weighted by Crippen LogP contribution is 2.21. The van der Waals surface area contributed by atoms with E-state index in [1.54, 1.807) is 0 Å². The maximum atomic E-state index is 11.8. The third-order valence-corrected chi connectivity index (χ3v) is 4.65. The Morgan fingerprint density at radius 3 is 2.36 bits per heavy atom. The molecule has 1 N–H and O–H groups in total. The zero-order valence-electron chi connectivity index (χ0n) is 16.4. The molecule has 0 heterocycles. The van der Waals surface area contributed by atoms with Gasteiger partial charge in [-0.05, 0) is 66.8 Å². The first-order valence-corrected chi connectivity index (χ1v) is 9.87. The monoisotopic (exact) mass is 373 g/mol. The second-order valence-corrected chi connectivity index (χ2v) is 6.76. The third kappa shape index (κ3) is 5.80. The minimum Gasteiger partial charge on any atom is -0.462 e. The van der Waals surface area contributed by atoms with Crippen molar-refractivity contribution in [1.29, 1.82) is 0 Å². The quantitative estimate of drug-likeness (QED) is 0.411. The van der Waals surface area contributed by atoms with Gasteiger partial charge in [-0.25, -0.2) is 4.79 Å². The van der Waals surface area contributed by atoms with Gasteiger partial charge in [0.2, 0.25) is 0 Å². The fourth-order valence-corrected chi connectivity index (χ4v) is 3.17. The molecule has 0 unspecified atom stereocenters. The van der Waals surface area contributed by atoms with Gasteiger partial charge in [-0.1, -0.05) is 60.7 Å². The maximum Gasteiger partial charge on any atom is 0.338 e. The van der Waals surface area contributed by atoms with Crippen LogP contribution < -0.4 is 5.32 Å². The standard InChI is InChI=1S/C25H27NO2/c1-2-28-25(27)23-15-13-22(14-16-23)24-12-6-10-21(18-24)19-26-17-7-11-20-8-4-3-5-9-20/h3-6,8-10,12-16,18,26H,2,7,11,17,19H2,1H3. The van der Waals surface area contributed by atoms with Crippen molar-refractivity contribution in [2.45, 2.75) is 26.3 Å². The fourth-order valence-electron chi connectivity index (χ4n) is 3.17. The summed E-state index contributed by atoms with van der Waals surface area (Å²) in [5.74, 6) is -0.275. The van der Waals surface area contributed by atoms with Crippen LogP contribution in [0.25, 0.3) is 11.1 Å². The minimum atomic E-state index is -0.275. The van der Waals surface area contributed by atoms with Crippen LogP contribution in [0.3, 0.4) is 0 Å². The second kappa shape index (κ2) is 10.4. The third-order valence-electron chi connectivity index (χ3n) is 4.65. The number of nitrogens with one attached hydrogen (secondary N) is 1. The number of hydrogen-bond acceptors (Lipinski definition) is 3. The van der Waals surface area contributed by atoms with Crippen LogP contribution in [0.5, 0.6) is 0 Å². The first kappa shape index (κ1) is 19.8. The molecule has 0 atom stereocenters. The lowest BCUT2D eigenvalue weighted by atomic mass is 10.0. The van der Waals surface area contributed by atoms with Crippen molar-refractivity contribution in [2.75, 3.05) is 13.2 Å². The Morgan fingerprint density at radius 1 is 0.857 bits per heavy atom. The van der Waals surface area contributed by atoms with Gasteiger partial charge in [-0.3, -0.25) is 0 Å². The Labute approximate surface area is 167 Å². The van der Waals surface area contributed by atoms with Crippen LogP contribution in [-0.2, 0) is 17.7 Å². The molecule has 3 heteroatoms. The van der Waals surface area contributed by atoms with Crippen molar-refractivity contribution in [2.24, 2.45) is 0 Å². The Morgan fingerprint density at radius 2 is 1.61 bits per heavy atom. The molecular weight excluding hydrogens is 346 g/mol. The van der Waals surface area contributed by atoms with Crippen molar-refractivity contribution in [1.82, 2.24) is 5.32 Å². The molecule has 28 heavy (non-hydrogen) atoms. The van der Waals surface area contributed by atoms with Gasteiger partial charge in [0.05, 0.1) is 12.2 Å². The van der Waals surface area contributed by atoms with E-state index in [0.29, 0.717) is 12.2 Å². The number of ether oxygens (including phenoxy) is 1. The van der Waals surface area contributed by atoms with Crippen molar-refractivity contribution in [3.63, 3.8) is 0 Å². The highest BCUT2D eigenvalue weighted by atomic mass is 16.5. The van der Waals surface area contributed by atoms with Gasteiger partial charge >= 0.3 is 5.97 Å². The number of carbonyl (C=O) groups is 1. The second-order valence-electron chi connectivity index (χ2n) is 6.76. The molecule has 0 amide bonds. The molecule has 0 fully saturated rings. The molecule has 3 aromatic carbocycles. The van der Waals surface area contributed by atoms with Gasteiger partial charge in [0, 0.05) is 6.54 Å². The molecule has 0 aliphatic heterocycles. The van der Waals surface area contributed by atoms with Crippen molar-refractivity contribution >= 4 is 5.97 Å². The Bertz CT molecular complexity index is 873. The van der Waals surface area contributed by atoms with Crippen molar-refractivity contribution in [3.8, 4) is 11.1 Å². The zero-order chi connectivity index (χ0) is 19.6. The normalized spacial score (nSPS) is 10.6. The minimum absolute atomic E-state index is 0.275. The topological polar surface area (TPSA) is 38.3 Å². The van der Waals surface area contributed by atoms with Gasteiger partial charge in [-0.15, -0.1) is 0 Å². The van der Waals surface area contributed by atoms with Crippen LogP contribution in [0.4, 0.5) is 0 Å². The van der Waals surface area contributed by atoms with Gasteiger partial charge in [-0.2, -0.15) is 0 Å². The van der Waals surface area contributed by atoms with Gasteiger partial charge in [0.15, 0.2) is 0 Å². The number of rotatable bonds is 9. The number of esters is 1. The lowest BCUT2D eigenvalue weighted by molar-refractivity contribution is 0.0526. The molecule has 3 aromatic rings. The van der Waals surface area contributed by atoms with Crippen molar-refractivity contribution < 1.29 is 9.53 Å². The fraction of sp³-hybridized carbons (Fsp3) is 0.240. The highest BCUT2D eigenvalue weighted by Gasteiger charge is 2.06. The molecule has 0 spiro atoms. The summed E-state index contributed by atoms with van der Waals surface area (Å²) in [4.78, 5) is 11.8. The lowest BCUT2D eigenvalue weighted by Crippen LogP contribution is -2.15. The Kier molecular flexibility index (Phi) is 7.39. The number of hydrogen-bond donors (Lipinski definition) is 1.